The number of hydrogen-bond donors (Lipinski definition) is 1. The number of benzene rings is 1. The number of nitrogen functional groups attached to an aromatic ring is 1. The van der Waals surface area contributed by atoms with Gasteiger partial charge in [-0.25, -0.2) is 19.7 Å². The molecule has 3 aromatic rings. The van der Waals surface area contributed by atoms with Crippen molar-refractivity contribution in [3.05, 3.63) is 48.0 Å². The molecule has 0 radical (unpaired) electrons. The molecule has 0 saturated carbocycles. The third kappa shape index (κ3) is 5.41. The largest absolute Gasteiger partial charge is 0.444 e. The molecule has 1 aromatic carbocycles. The lowest BCUT2D eigenvalue weighted by Crippen LogP contribution is -2.45. The molecular formula is C29H35N7O7. The first-order valence-corrected chi connectivity index (χ1v) is 14.2. The molecule has 3 aliphatic heterocycles. The summed E-state index contributed by atoms with van der Waals surface area (Å²) in [6.45, 7) is 9.44. The second kappa shape index (κ2) is 10.5. The number of rotatable bonds is 7. The number of nitrogens with zero attached hydrogens (tertiary/aromatic N) is 6. The third-order valence-corrected chi connectivity index (χ3v) is 7.53. The molecule has 228 valence electrons. The number of amides is 3. The monoisotopic (exact) mass is 593 g/mol. The van der Waals surface area contributed by atoms with Gasteiger partial charge in [0.05, 0.1) is 24.0 Å². The average molecular weight is 594 g/mol. The molecule has 3 amide bonds. The predicted octanol–water partition coefficient (Wildman–Crippen LogP) is 2.75. The van der Waals surface area contributed by atoms with Crippen LogP contribution in [-0.2, 0) is 18.9 Å². The number of nitrogens with two attached hydrogens (primary N) is 1. The summed E-state index contributed by atoms with van der Waals surface area (Å²) in [5, 5.41) is 0. The smallest absolute Gasteiger partial charge is 0.410 e. The van der Waals surface area contributed by atoms with Crippen LogP contribution in [0.4, 0.5) is 10.6 Å². The van der Waals surface area contributed by atoms with Crippen molar-refractivity contribution in [1.82, 2.24) is 29.3 Å². The summed E-state index contributed by atoms with van der Waals surface area (Å²) in [6, 6.07) is 6.73. The third-order valence-electron chi connectivity index (χ3n) is 7.53. The molecular weight excluding hydrogens is 558 g/mol. The van der Waals surface area contributed by atoms with Crippen LogP contribution in [0.5, 0.6) is 0 Å². The van der Waals surface area contributed by atoms with Gasteiger partial charge in [-0.2, -0.15) is 0 Å². The summed E-state index contributed by atoms with van der Waals surface area (Å²) in [6.07, 6.45) is 0.363. The molecule has 2 saturated heterocycles. The average Bonchev–Trinajstić information content (AvgIpc) is 3.65. The standard InChI is InChI=1S/C29H35N7O7/c1-28(2,3)43-27(39)34(11-8-12-35-24(37)16-9-6-7-10-17(16)25(35)38)13-18-20-21(42-29(4,5)41-20)26(40-18)36-15-33-19-22(30)31-14-32-23(19)36/h6-7,9-10,14-15,18,20-21,26H,8,11-13H2,1-5H3,(H2,30,31,32)/t18-,20-,21-,26?/m1/s1. The molecule has 5 heterocycles. The fourth-order valence-electron chi connectivity index (χ4n) is 5.75. The minimum absolute atomic E-state index is 0.109. The SMILES string of the molecule is CC(C)(C)OC(=O)N(CCCN1C(=O)c2ccccc2C1=O)C[C@H]1OC(n2cnc3c(N)ncnc32)[C@@H]2OC(C)(C)O[C@H]12. The van der Waals surface area contributed by atoms with Gasteiger partial charge in [-0.05, 0) is 53.2 Å². The Kier molecular flexibility index (Phi) is 7.10. The van der Waals surface area contributed by atoms with Gasteiger partial charge in [-0.15, -0.1) is 0 Å². The first kappa shape index (κ1) is 29.0. The van der Waals surface area contributed by atoms with Crippen molar-refractivity contribution in [2.75, 3.05) is 25.4 Å². The fourth-order valence-corrected chi connectivity index (χ4v) is 5.75. The maximum Gasteiger partial charge on any atom is 0.410 e. The number of aromatic nitrogens is 4. The first-order valence-electron chi connectivity index (χ1n) is 14.2. The van der Waals surface area contributed by atoms with Crippen LogP contribution in [0, 0.1) is 0 Å². The van der Waals surface area contributed by atoms with Crippen LogP contribution < -0.4 is 5.73 Å². The zero-order valence-corrected chi connectivity index (χ0v) is 24.7. The molecule has 6 rings (SSSR count). The molecule has 14 nitrogen and oxygen atoms in total. The lowest BCUT2D eigenvalue weighted by atomic mass is 10.1. The van der Waals surface area contributed by atoms with E-state index >= 15 is 0 Å². The van der Waals surface area contributed by atoms with Crippen LogP contribution in [-0.4, -0.2) is 96.6 Å². The molecule has 14 heteroatoms. The van der Waals surface area contributed by atoms with Gasteiger partial charge in [-0.1, -0.05) is 12.1 Å². The first-order chi connectivity index (χ1) is 20.3. The zero-order chi connectivity index (χ0) is 30.7. The van der Waals surface area contributed by atoms with E-state index in [-0.39, 0.29) is 37.3 Å². The molecule has 1 unspecified atom stereocenters. The van der Waals surface area contributed by atoms with Crippen molar-refractivity contribution in [3.63, 3.8) is 0 Å². The maximum atomic E-state index is 13.4. The van der Waals surface area contributed by atoms with Crippen LogP contribution in [0.1, 0.15) is 68.0 Å². The topological polar surface area (TPSA) is 164 Å². The highest BCUT2D eigenvalue weighted by molar-refractivity contribution is 6.21. The second-order valence-electron chi connectivity index (χ2n) is 12.3. The van der Waals surface area contributed by atoms with E-state index in [0.717, 1.165) is 0 Å². The Bertz CT molecular complexity index is 1550. The number of imide groups is 1. The maximum absolute atomic E-state index is 13.4. The van der Waals surface area contributed by atoms with Crippen LogP contribution in [0.25, 0.3) is 11.2 Å². The minimum Gasteiger partial charge on any atom is -0.444 e. The highest BCUT2D eigenvalue weighted by Gasteiger charge is 2.56. The van der Waals surface area contributed by atoms with E-state index in [2.05, 4.69) is 15.0 Å². The number of ether oxygens (including phenoxy) is 4. The number of fused-ring (bicyclic) bond motifs is 3. The summed E-state index contributed by atoms with van der Waals surface area (Å²) in [7, 11) is 0. The quantitative estimate of drug-likeness (QED) is 0.401. The summed E-state index contributed by atoms with van der Waals surface area (Å²) in [5.41, 5.74) is 6.94. The molecule has 0 spiro atoms. The Morgan fingerprint density at radius 2 is 1.74 bits per heavy atom. The lowest BCUT2D eigenvalue weighted by molar-refractivity contribution is -0.197. The van der Waals surface area contributed by atoms with Crippen molar-refractivity contribution in [1.29, 1.82) is 0 Å². The number of anilines is 1. The Labute approximate surface area is 248 Å². The van der Waals surface area contributed by atoms with Crippen molar-refractivity contribution in [3.8, 4) is 0 Å². The normalized spacial score (nSPS) is 24.4. The summed E-state index contributed by atoms with van der Waals surface area (Å²) < 4.78 is 26.5. The van der Waals surface area contributed by atoms with E-state index in [0.29, 0.717) is 28.7 Å². The molecule has 4 atom stereocenters. The molecule has 3 aliphatic rings. The molecule has 0 bridgehead atoms. The van der Waals surface area contributed by atoms with Crippen LogP contribution in [0.3, 0.4) is 0 Å². The molecule has 2 aromatic heterocycles. The molecule has 43 heavy (non-hydrogen) atoms. The highest BCUT2D eigenvalue weighted by atomic mass is 16.8. The van der Waals surface area contributed by atoms with Gasteiger partial charge in [0, 0.05) is 13.1 Å². The highest BCUT2D eigenvalue weighted by Crippen LogP contribution is 2.44. The van der Waals surface area contributed by atoms with E-state index in [1.807, 2.05) is 13.8 Å². The summed E-state index contributed by atoms with van der Waals surface area (Å²) in [5.74, 6) is -1.34. The Hall–Kier alpha value is -4.14. The van der Waals surface area contributed by atoms with Crippen molar-refractivity contribution < 1.29 is 33.3 Å². The number of imidazole rings is 1. The van der Waals surface area contributed by atoms with Gasteiger partial charge in [-0.3, -0.25) is 19.1 Å². The van der Waals surface area contributed by atoms with Crippen molar-refractivity contribution in [2.24, 2.45) is 0 Å². The van der Waals surface area contributed by atoms with E-state index in [1.165, 1.54) is 16.1 Å². The van der Waals surface area contributed by atoms with Gasteiger partial charge in [0.2, 0.25) is 0 Å². The summed E-state index contributed by atoms with van der Waals surface area (Å²) in [4.78, 5) is 54.6. The van der Waals surface area contributed by atoms with E-state index in [1.54, 1.807) is 55.9 Å². The minimum atomic E-state index is -0.901. The van der Waals surface area contributed by atoms with Crippen LogP contribution in [0.15, 0.2) is 36.9 Å². The van der Waals surface area contributed by atoms with Crippen molar-refractivity contribution >= 4 is 34.9 Å². The number of carbonyl (C=O) groups excluding carboxylic acids is 3. The van der Waals surface area contributed by atoms with Gasteiger partial charge in [0.1, 0.15) is 35.8 Å². The fraction of sp³-hybridized carbons (Fsp3) is 0.517. The lowest BCUT2D eigenvalue weighted by Gasteiger charge is -2.31. The van der Waals surface area contributed by atoms with E-state index in [9.17, 15) is 14.4 Å². The summed E-state index contributed by atoms with van der Waals surface area (Å²) >= 11 is 0. The Balaban J connectivity index is 1.21. The van der Waals surface area contributed by atoms with Crippen LogP contribution >= 0.6 is 0 Å². The molecule has 0 aliphatic carbocycles. The second-order valence-corrected chi connectivity index (χ2v) is 12.3. The van der Waals surface area contributed by atoms with E-state index in [4.69, 9.17) is 24.7 Å². The molecule has 2 N–H and O–H groups in total. The van der Waals surface area contributed by atoms with E-state index < -0.39 is 42.0 Å². The van der Waals surface area contributed by atoms with Gasteiger partial charge in [0.15, 0.2) is 23.5 Å². The Morgan fingerprint density at radius 3 is 2.42 bits per heavy atom. The number of carbonyl (C=O) groups is 3. The Morgan fingerprint density at radius 1 is 1.07 bits per heavy atom. The molecule has 2 fully saturated rings. The van der Waals surface area contributed by atoms with Gasteiger partial charge >= 0.3 is 6.09 Å². The van der Waals surface area contributed by atoms with Crippen LogP contribution in [0.2, 0.25) is 0 Å². The predicted molar refractivity (Wildman–Crippen MR) is 152 cm³/mol. The van der Waals surface area contributed by atoms with Gasteiger partial charge in [0.25, 0.3) is 11.8 Å². The van der Waals surface area contributed by atoms with Gasteiger partial charge < -0.3 is 29.6 Å². The number of hydrogen-bond acceptors (Lipinski definition) is 11. The zero-order valence-electron chi connectivity index (χ0n) is 24.7. The van der Waals surface area contributed by atoms with Crippen molar-refractivity contribution in [2.45, 2.75) is 77.0 Å².